The lowest BCUT2D eigenvalue weighted by Crippen LogP contribution is -2.37. The van der Waals surface area contributed by atoms with Crippen LogP contribution < -0.4 is 0 Å². The van der Waals surface area contributed by atoms with Crippen LogP contribution in [0.4, 0.5) is 0 Å². The van der Waals surface area contributed by atoms with Crippen LogP contribution in [0.5, 0.6) is 0 Å². The molecule has 0 saturated heterocycles. The van der Waals surface area contributed by atoms with Gasteiger partial charge in [-0.05, 0) is 60.3 Å². The normalized spacial score (nSPS) is 16.6. The fourth-order valence-corrected chi connectivity index (χ4v) is 3.82. The SMILES string of the molecule is CCN(CC)C(C)C(O)c1ccc2cccc3c2c1CC3. The standard InChI is InChI=1S/C19H25NO/c1-4-20(5-2)13(3)19(21)17-12-10-15-8-6-7-14-9-11-16(17)18(14)15/h6-8,10,12-13,19,21H,4-5,9,11H2,1-3H3. The highest BCUT2D eigenvalue weighted by atomic mass is 16.3. The van der Waals surface area contributed by atoms with E-state index in [1.165, 1.54) is 21.9 Å². The molecule has 112 valence electrons. The summed E-state index contributed by atoms with van der Waals surface area (Å²) in [6.45, 7) is 8.40. The van der Waals surface area contributed by atoms with Crippen LogP contribution in [0, 0.1) is 0 Å². The lowest BCUT2D eigenvalue weighted by atomic mass is 9.93. The average Bonchev–Trinajstić information content (AvgIpc) is 2.94. The fourth-order valence-electron chi connectivity index (χ4n) is 3.82. The first kappa shape index (κ1) is 14.6. The van der Waals surface area contributed by atoms with E-state index in [9.17, 15) is 5.11 Å². The first-order valence-corrected chi connectivity index (χ1v) is 8.12. The molecule has 0 bridgehead atoms. The van der Waals surface area contributed by atoms with Crippen molar-refractivity contribution in [2.45, 2.75) is 45.8 Å². The molecular weight excluding hydrogens is 258 g/mol. The third-order valence-electron chi connectivity index (χ3n) is 5.08. The van der Waals surface area contributed by atoms with E-state index in [4.69, 9.17) is 0 Å². The predicted molar refractivity (Wildman–Crippen MR) is 88.7 cm³/mol. The number of likely N-dealkylation sites (N-methyl/N-ethyl adjacent to an activating group) is 1. The summed E-state index contributed by atoms with van der Waals surface area (Å²) in [6.07, 6.45) is 1.76. The predicted octanol–water partition coefficient (Wildman–Crippen LogP) is 3.70. The zero-order valence-electron chi connectivity index (χ0n) is 13.3. The molecular formula is C19H25NO. The largest absolute Gasteiger partial charge is 0.387 e. The van der Waals surface area contributed by atoms with Crippen molar-refractivity contribution >= 4 is 10.8 Å². The monoisotopic (exact) mass is 283 g/mol. The molecule has 2 aromatic rings. The number of rotatable bonds is 5. The summed E-state index contributed by atoms with van der Waals surface area (Å²) in [6, 6.07) is 11.0. The molecule has 1 aliphatic rings. The second-order valence-corrected chi connectivity index (χ2v) is 6.06. The second kappa shape index (κ2) is 5.78. The maximum atomic E-state index is 10.9. The molecule has 1 N–H and O–H groups in total. The van der Waals surface area contributed by atoms with Gasteiger partial charge in [0.2, 0.25) is 0 Å². The minimum atomic E-state index is -0.407. The summed E-state index contributed by atoms with van der Waals surface area (Å²) in [4.78, 5) is 2.32. The summed E-state index contributed by atoms with van der Waals surface area (Å²) < 4.78 is 0. The average molecular weight is 283 g/mol. The van der Waals surface area contributed by atoms with Crippen molar-refractivity contribution in [2.24, 2.45) is 0 Å². The molecule has 2 unspecified atom stereocenters. The minimum absolute atomic E-state index is 0.154. The van der Waals surface area contributed by atoms with Crippen LogP contribution in [0.2, 0.25) is 0 Å². The van der Waals surface area contributed by atoms with Crippen molar-refractivity contribution in [1.29, 1.82) is 0 Å². The summed E-state index contributed by atoms with van der Waals surface area (Å²) in [5.41, 5.74) is 3.94. The third-order valence-corrected chi connectivity index (χ3v) is 5.08. The first-order chi connectivity index (χ1) is 10.2. The summed E-state index contributed by atoms with van der Waals surface area (Å²) >= 11 is 0. The quantitative estimate of drug-likeness (QED) is 0.904. The number of hydrogen-bond donors (Lipinski definition) is 1. The highest BCUT2D eigenvalue weighted by Gasteiger charge is 2.26. The highest BCUT2D eigenvalue weighted by molar-refractivity contribution is 5.91. The number of aliphatic hydroxyl groups is 1. The molecule has 3 rings (SSSR count). The minimum Gasteiger partial charge on any atom is -0.387 e. The lowest BCUT2D eigenvalue weighted by molar-refractivity contribution is 0.0633. The van der Waals surface area contributed by atoms with Crippen LogP contribution in [0.1, 0.15) is 43.6 Å². The molecule has 2 heteroatoms. The fraction of sp³-hybridized carbons (Fsp3) is 0.474. The molecule has 21 heavy (non-hydrogen) atoms. The van der Waals surface area contributed by atoms with Gasteiger partial charge in [0.15, 0.2) is 0 Å². The number of aliphatic hydroxyl groups excluding tert-OH is 1. The Morgan fingerprint density at radius 1 is 1.10 bits per heavy atom. The van der Waals surface area contributed by atoms with E-state index in [0.29, 0.717) is 0 Å². The van der Waals surface area contributed by atoms with E-state index in [0.717, 1.165) is 31.5 Å². The van der Waals surface area contributed by atoms with Gasteiger partial charge in [-0.1, -0.05) is 44.2 Å². The molecule has 2 aromatic carbocycles. The van der Waals surface area contributed by atoms with E-state index in [2.05, 4.69) is 56.0 Å². The Labute approximate surface area is 127 Å². The molecule has 0 amide bonds. The maximum absolute atomic E-state index is 10.9. The van der Waals surface area contributed by atoms with Gasteiger partial charge in [-0.15, -0.1) is 0 Å². The maximum Gasteiger partial charge on any atom is 0.0945 e. The second-order valence-electron chi connectivity index (χ2n) is 6.06. The summed E-state index contributed by atoms with van der Waals surface area (Å²) in [7, 11) is 0. The molecule has 0 aliphatic heterocycles. The summed E-state index contributed by atoms with van der Waals surface area (Å²) in [5.74, 6) is 0. The summed E-state index contributed by atoms with van der Waals surface area (Å²) in [5, 5.41) is 13.6. The highest BCUT2D eigenvalue weighted by Crippen LogP contribution is 2.36. The van der Waals surface area contributed by atoms with Crippen molar-refractivity contribution in [1.82, 2.24) is 4.90 Å². The molecule has 0 saturated carbocycles. The van der Waals surface area contributed by atoms with Gasteiger partial charge in [0.25, 0.3) is 0 Å². The Kier molecular flexibility index (Phi) is 4.01. The van der Waals surface area contributed by atoms with Gasteiger partial charge in [-0.3, -0.25) is 4.90 Å². The van der Waals surface area contributed by atoms with E-state index in [1.54, 1.807) is 0 Å². The van der Waals surface area contributed by atoms with Crippen molar-refractivity contribution in [3.8, 4) is 0 Å². The van der Waals surface area contributed by atoms with Gasteiger partial charge in [-0.25, -0.2) is 0 Å². The third kappa shape index (κ3) is 2.37. The zero-order chi connectivity index (χ0) is 15.0. The van der Waals surface area contributed by atoms with Crippen LogP contribution in [0.15, 0.2) is 30.3 Å². The van der Waals surface area contributed by atoms with E-state index in [-0.39, 0.29) is 6.04 Å². The van der Waals surface area contributed by atoms with Gasteiger partial charge in [0.1, 0.15) is 0 Å². The number of aryl methyl sites for hydroxylation is 2. The molecule has 0 heterocycles. The Morgan fingerprint density at radius 3 is 2.57 bits per heavy atom. The van der Waals surface area contributed by atoms with Crippen LogP contribution in [-0.4, -0.2) is 29.1 Å². The van der Waals surface area contributed by atoms with E-state index < -0.39 is 6.10 Å². The van der Waals surface area contributed by atoms with E-state index >= 15 is 0 Å². The number of hydrogen-bond acceptors (Lipinski definition) is 2. The van der Waals surface area contributed by atoms with Crippen molar-refractivity contribution in [3.05, 3.63) is 47.0 Å². The molecule has 0 spiro atoms. The molecule has 0 fully saturated rings. The van der Waals surface area contributed by atoms with Crippen molar-refractivity contribution in [3.63, 3.8) is 0 Å². The van der Waals surface area contributed by atoms with Crippen LogP contribution in [-0.2, 0) is 12.8 Å². The molecule has 1 aliphatic carbocycles. The van der Waals surface area contributed by atoms with Crippen LogP contribution in [0.25, 0.3) is 10.8 Å². The molecule has 2 atom stereocenters. The van der Waals surface area contributed by atoms with Gasteiger partial charge in [0, 0.05) is 6.04 Å². The molecule has 0 aromatic heterocycles. The van der Waals surface area contributed by atoms with Crippen molar-refractivity contribution < 1.29 is 5.11 Å². The Bertz CT molecular complexity index is 645. The van der Waals surface area contributed by atoms with Gasteiger partial charge >= 0.3 is 0 Å². The molecule has 0 radical (unpaired) electrons. The Balaban J connectivity index is 2.03. The van der Waals surface area contributed by atoms with Gasteiger partial charge in [0.05, 0.1) is 6.10 Å². The topological polar surface area (TPSA) is 23.5 Å². The van der Waals surface area contributed by atoms with Crippen molar-refractivity contribution in [2.75, 3.05) is 13.1 Å². The first-order valence-electron chi connectivity index (χ1n) is 8.12. The van der Waals surface area contributed by atoms with Crippen LogP contribution >= 0.6 is 0 Å². The number of benzene rings is 2. The molecule has 2 nitrogen and oxygen atoms in total. The number of nitrogens with zero attached hydrogens (tertiary/aromatic N) is 1. The lowest BCUT2D eigenvalue weighted by Gasteiger charge is -2.31. The zero-order valence-corrected chi connectivity index (χ0v) is 13.3. The van der Waals surface area contributed by atoms with Gasteiger partial charge < -0.3 is 5.11 Å². The van der Waals surface area contributed by atoms with Gasteiger partial charge in [-0.2, -0.15) is 0 Å². The smallest absolute Gasteiger partial charge is 0.0945 e. The van der Waals surface area contributed by atoms with E-state index in [1.807, 2.05) is 0 Å². The van der Waals surface area contributed by atoms with Crippen LogP contribution in [0.3, 0.4) is 0 Å². The Hall–Kier alpha value is -1.38. The Morgan fingerprint density at radius 2 is 1.86 bits per heavy atom.